The summed E-state index contributed by atoms with van der Waals surface area (Å²) < 4.78 is 7.67. The third-order valence-electron chi connectivity index (χ3n) is 4.61. The van der Waals surface area contributed by atoms with E-state index >= 15 is 0 Å². The average Bonchev–Trinajstić information content (AvgIpc) is 2.90. The van der Waals surface area contributed by atoms with Crippen molar-refractivity contribution in [2.75, 3.05) is 32.8 Å². The fourth-order valence-corrected chi connectivity index (χ4v) is 3.34. The van der Waals surface area contributed by atoms with Crippen molar-refractivity contribution >= 4 is 21.8 Å². The number of aromatic nitrogens is 2. The molecule has 0 saturated carbocycles. The van der Waals surface area contributed by atoms with Crippen molar-refractivity contribution < 1.29 is 4.74 Å². The first kappa shape index (κ1) is 13.7. The summed E-state index contributed by atoms with van der Waals surface area (Å²) >= 11 is 0. The molecule has 0 atom stereocenters. The standard InChI is InChI=1S/C18H21N3O/c1-20-17(8-9-21-10-12-22-13-11-21)19-16-7-6-14-4-2-3-5-15(14)18(16)20/h2-7H,8-13H2,1H3. The lowest BCUT2D eigenvalue weighted by Crippen LogP contribution is -2.37. The molecule has 1 aromatic heterocycles. The van der Waals surface area contributed by atoms with Crippen LogP contribution in [0.5, 0.6) is 0 Å². The van der Waals surface area contributed by atoms with Crippen LogP contribution in [0.3, 0.4) is 0 Å². The molecule has 0 spiro atoms. The van der Waals surface area contributed by atoms with Crippen LogP contribution in [0.2, 0.25) is 0 Å². The maximum absolute atomic E-state index is 5.41. The SMILES string of the molecule is Cn1c(CCN2CCOCC2)nc2ccc3ccccc3c21. The van der Waals surface area contributed by atoms with E-state index in [9.17, 15) is 0 Å². The number of nitrogens with zero attached hydrogens (tertiary/aromatic N) is 3. The monoisotopic (exact) mass is 295 g/mol. The van der Waals surface area contributed by atoms with Gasteiger partial charge in [-0.1, -0.05) is 30.3 Å². The van der Waals surface area contributed by atoms with Gasteiger partial charge in [0.1, 0.15) is 5.82 Å². The lowest BCUT2D eigenvalue weighted by Gasteiger charge is -2.26. The van der Waals surface area contributed by atoms with Crippen LogP contribution in [0.4, 0.5) is 0 Å². The second-order valence-electron chi connectivity index (χ2n) is 5.95. The number of benzene rings is 2. The van der Waals surface area contributed by atoms with Crippen LogP contribution in [-0.4, -0.2) is 47.3 Å². The summed E-state index contributed by atoms with van der Waals surface area (Å²) in [5.41, 5.74) is 2.34. The topological polar surface area (TPSA) is 30.3 Å². The smallest absolute Gasteiger partial charge is 0.110 e. The summed E-state index contributed by atoms with van der Waals surface area (Å²) in [4.78, 5) is 7.31. The van der Waals surface area contributed by atoms with Crippen LogP contribution in [0.1, 0.15) is 5.82 Å². The van der Waals surface area contributed by atoms with E-state index in [0.717, 1.165) is 50.6 Å². The Hall–Kier alpha value is -1.91. The number of rotatable bonds is 3. The molecule has 22 heavy (non-hydrogen) atoms. The van der Waals surface area contributed by atoms with Crippen molar-refractivity contribution in [1.29, 1.82) is 0 Å². The lowest BCUT2D eigenvalue weighted by atomic mass is 10.1. The van der Waals surface area contributed by atoms with E-state index in [0.29, 0.717) is 0 Å². The average molecular weight is 295 g/mol. The zero-order valence-corrected chi connectivity index (χ0v) is 13.0. The number of aryl methyl sites for hydroxylation is 1. The van der Waals surface area contributed by atoms with E-state index < -0.39 is 0 Å². The molecule has 1 saturated heterocycles. The molecule has 4 heteroatoms. The van der Waals surface area contributed by atoms with Crippen molar-refractivity contribution in [2.45, 2.75) is 6.42 Å². The molecule has 1 aliphatic rings. The third kappa shape index (κ3) is 2.38. The van der Waals surface area contributed by atoms with E-state index in [1.807, 2.05) is 0 Å². The van der Waals surface area contributed by atoms with Gasteiger partial charge in [0.15, 0.2) is 0 Å². The largest absolute Gasteiger partial charge is 0.379 e. The van der Waals surface area contributed by atoms with Crippen molar-refractivity contribution in [1.82, 2.24) is 14.5 Å². The van der Waals surface area contributed by atoms with Crippen LogP contribution in [0.25, 0.3) is 21.8 Å². The molecule has 1 fully saturated rings. The fraction of sp³-hybridized carbons (Fsp3) is 0.389. The Morgan fingerprint density at radius 2 is 1.91 bits per heavy atom. The molecule has 3 aromatic rings. The summed E-state index contributed by atoms with van der Waals surface area (Å²) in [6, 6.07) is 12.8. The Bertz CT molecular complexity index is 803. The Kier molecular flexibility index (Phi) is 3.56. The molecule has 0 N–H and O–H groups in total. The molecule has 0 unspecified atom stereocenters. The predicted octanol–water partition coefficient (Wildman–Crippen LogP) is 2.60. The van der Waals surface area contributed by atoms with E-state index in [-0.39, 0.29) is 0 Å². The molecule has 1 aliphatic heterocycles. The van der Waals surface area contributed by atoms with Crippen LogP contribution < -0.4 is 0 Å². The van der Waals surface area contributed by atoms with E-state index in [1.165, 1.54) is 16.3 Å². The molecule has 4 rings (SSSR count). The van der Waals surface area contributed by atoms with Gasteiger partial charge in [-0.15, -0.1) is 0 Å². The molecule has 2 heterocycles. The second-order valence-corrected chi connectivity index (χ2v) is 5.95. The van der Waals surface area contributed by atoms with Gasteiger partial charge in [0.2, 0.25) is 0 Å². The van der Waals surface area contributed by atoms with E-state index in [2.05, 4.69) is 52.9 Å². The number of fused-ring (bicyclic) bond motifs is 3. The molecular weight excluding hydrogens is 274 g/mol. The van der Waals surface area contributed by atoms with Gasteiger partial charge in [-0.2, -0.15) is 0 Å². The second kappa shape index (κ2) is 5.71. The Morgan fingerprint density at radius 1 is 1.09 bits per heavy atom. The molecule has 0 bridgehead atoms. The summed E-state index contributed by atoms with van der Waals surface area (Å²) in [5, 5.41) is 2.56. The van der Waals surface area contributed by atoms with Crippen LogP contribution in [0, 0.1) is 0 Å². The van der Waals surface area contributed by atoms with Gasteiger partial charge in [0.25, 0.3) is 0 Å². The number of hydrogen-bond acceptors (Lipinski definition) is 3. The van der Waals surface area contributed by atoms with Gasteiger partial charge in [-0.05, 0) is 11.5 Å². The molecule has 4 nitrogen and oxygen atoms in total. The summed E-state index contributed by atoms with van der Waals surface area (Å²) in [7, 11) is 2.14. The van der Waals surface area contributed by atoms with Gasteiger partial charge in [0.05, 0.1) is 24.2 Å². The number of morpholine rings is 1. The minimum Gasteiger partial charge on any atom is -0.379 e. The van der Waals surface area contributed by atoms with Gasteiger partial charge in [-0.3, -0.25) is 4.90 Å². The Labute approximate surface area is 130 Å². The maximum Gasteiger partial charge on any atom is 0.110 e. The third-order valence-corrected chi connectivity index (χ3v) is 4.61. The van der Waals surface area contributed by atoms with Gasteiger partial charge < -0.3 is 9.30 Å². The Balaban J connectivity index is 1.66. The summed E-state index contributed by atoms with van der Waals surface area (Å²) in [5.74, 6) is 1.16. The molecule has 114 valence electrons. The Morgan fingerprint density at radius 3 is 2.77 bits per heavy atom. The number of ether oxygens (including phenoxy) is 1. The highest BCUT2D eigenvalue weighted by molar-refractivity contribution is 6.04. The first-order valence-electron chi connectivity index (χ1n) is 7.96. The number of hydrogen-bond donors (Lipinski definition) is 0. The minimum absolute atomic E-state index is 0.854. The predicted molar refractivity (Wildman–Crippen MR) is 89.2 cm³/mol. The first-order chi connectivity index (χ1) is 10.8. The van der Waals surface area contributed by atoms with Crippen molar-refractivity contribution in [3.05, 3.63) is 42.2 Å². The maximum atomic E-state index is 5.41. The molecule has 2 aromatic carbocycles. The van der Waals surface area contributed by atoms with E-state index in [4.69, 9.17) is 9.72 Å². The highest BCUT2D eigenvalue weighted by Crippen LogP contribution is 2.25. The highest BCUT2D eigenvalue weighted by atomic mass is 16.5. The van der Waals surface area contributed by atoms with Crippen molar-refractivity contribution in [3.8, 4) is 0 Å². The summed E-state index contributed by atoms with van der Waals surface area (Å²) in [6.07, 6.45) is 0.986. The molecule has 0 radical (unpaired) electrons. The van der Waals surface area contributed by atoms with Gasteiger partial charge >= 0.3 is 0 Å². The summed E-state index contributed by atoms with van der Waals surface area (Å²) in [6.45, 7) is 4.83. The van der Waals surface area contributed by atoms with Crippen LogP contribution >= 0.6 is 0 Å². The minimum atomic E-state index is 0.854. The molecular formula is C18H21N3O. The zero-order chi connectivity index (χ0) is 14.9. The lowest BCUT2D eigenvalue weighted by molar-refractivity contribution is 0.0382. The molecule has 0 aliphatic carbocycles. The quantitative estimate of drug-likeness (QED) is 0.744. The fourth-order valence-electron chi connectivity index (χ4n) is 3.34. The first-order valence-corrected chi connectivity index (χ1v) is 7.96. The van der Waals surface area contributed by atoms with Gasteiger partial charge in [-0.25, -0.2) is 4.98 Å². The van der Waals surface area contributed by atoms with Gasteiger partial charge in [0, 0.05) is 38.5 Å². The highest BCUT2D eigenvalue weighted by Gasteiger charge is 2.14. The van der Waals surface area contributed by atoms with Crippen LogP contribution in [-0.2, 0) is 18.2 Å². The normalized spacial score (nSPS) is 16.6. The van der Waals surface area contributed by atoms with Crippen LogP contribution in [0.15, 0.2) is 36.4 Å². The molecule has 0 amide bonds. The number of imidazole rings is 1. The van der Waals surface area contributed by atoms with Crippen molar-refractivity contribution in [3.63, 3.8) is 0 Å². The van der Waals surface area contributed by atoms with Crippen molar-refractivity contribution in [2.24, 2.45) is 7.05 Å². The zero-order valence-electron chi connectivity index (χ0n) is 13.0. The van der Waals surface area contributed by atoms with E-state index in [1.54, 1.807) is 0 Å².